The van der Waals surface area contributed by atoms with Crippen LogP contribution >= 0.6 is 0 Å². The zero-order valence-corrected chi connectivity index (χ0v) is 15.0. The van der Waals surface area contributed by atoms with Gasteiger partial charge in [0.2, 0.25) is 5.75 Å². The van der Waals surface area contributed by atoms with Gasteiger partial charge in [-0.2, -0.15) is 0 Å². The van der Waals surface area contributed by atoms with Gasteiger partial charge < -0.3 is 24.7 Å². The zero-order chi connectivity index (χ0) is 18.7. The molecule has 0 saturated carbocycles. The predicted molar refractivity (Wildman–Crippen MR) is 97.4 cm³/mol. The third-order valence-corrected chi connectivity index (χ3v) is 3.98. The Kier molecular flexibility index (Phi) is 4.83. The molecule has 136 valence electrons. The molecule has 0 radical (unpaired) electrons. The van der Waals surface area contributed by atoms with Crippen LogP contribution in [0.1, 0.15) is 0 Å². The number of benzene rings is 2. The van der Waals surface area contributed by atoms with Gasteiger partial charge in [-0.3, -0.25) is 0 Å². The lowest BCUT2D eigenvalue weighted by Gasteiger charge is -2.15. The van der Waals surface area contributed by atoms with E-state index in [9.17, 15) is 0 Å². The van der Waals surface area contributed by atoms with Gasteiger partial charge in [0.15, 0.2) is 11.5 Å². The summed E-state index contributed by atoms with van der Waals surface area (Å²) in [6.07, 6.45) is 1.64. The molecule has 3 rings (SSSR count). The van der Waals surface area contributed by atoms with Crippen LogP contribution < -0.4 is 24.7 Å². The number of hydrogen-bond acceptors (Lipinski definition) is 7. The minimum atomic E-state index is 0.504. The van der Waals surface area contributed by atoms with E-state index in [0.29, 0.717) is 34.4 Å². The average Bonchev–Trinajstić information content (AvgIpc) is 3.15. The van der Waals surface area contributed by atoms with Gasteiger partial charge in [-0.05, 0) is 12.1 Å². The molecule has 1 heterocycles. The molecular formula is C18H20N4O4. The number of nitrogen functional groups attached to an aromatic ring is 1. The Labute approximate surface area is 151 Å². The third-order valence-electron chi connectivity index (χ3n) is 3.98. The van der Waals surface area contributed by atoms with Crippen LogP contribution in [0, 0.1) is 0 Å². The minimum absolute atomic E-state index is 0.504. The van der Waals surface area contributed by atoms with Gasteiger partial charge in [-0.15, -0.1) is 5.10 Å². The molecule has 0 aliphatic rings. The van der Waals surface area contributed by atoms with Crippen molar-refractivity contribution in [3.8, 4) is 39.9 Å². The molecule has 0 amide bonds. The largest absolute Gasteiger partial charge is 0.497 e. The van der Waals surface area contributed by atoms with Crippen molar-refractivity contribution < 1.29 is 18.9 Å². The second-order valence-corrected chi connectivity index (χ2v) is 5.37. The van der Waals surface area contributed by atoms with E-state index in [4.69, 9.17) is 24.7 Å². The van der Waals surface area contributed by atoms with Crippen molar-refractivity contribution in [3.05, 3.63) is 36.5 Å². The van der Waals surface area contributed by atoms with Crippen LogP contribution in [0.3, 0.4) is 0 Å². The number of methoxy groups -OCH3 is 4. The van der Waals surface area contributed by atoms with Crippen molar-refractivity contribution in [2.24, 2.45) is 0 Å². The quantitative estimate of drug-likeness (QED) is 0.678. The van der Waals surface area contributed by atoms with Crippen molar-refractivity contribution in [2.45, 2.75) is 0 Å². The summed E-state index contributed by atoms with van der Waals surface area (Å²) in [5.41, 5.74) is 8.93. The smallest absolute Gasteiger partial charge is 0.203 e. The topological polar surface area (TPSA) is 93.7 Å². The van der Waals surface area contributed by atoms with E-state index in [2.05, 4.69) is 10.3 Å². The highest BCUT2D eigenvalue weighted by Gasteiger charge is 2.18. The first-order chi connectivity index (χ1) is 12.6. The summed E-state index contributed by atoms with van der Waals surface area (Å²) >= 11 is 0. The predicted octanol–water partition coefficient (Wildman–Crippen LogP) is 2.55. The molecule has 0 aliphatic heterocycles. The summed E-state index contributed by atoms with van der Waals surface area (Å²) in [6.45, 7) is 0. The molecule has 0 saturated heterocycles. The molecule has 3 aromatic rings. The van der Waals surface area contributed by atoms with E-state index in [1.165, 1.54) is 0 Å². The number of nitrogens with two attached hydrogens (primary N) is 1. The first-order valence-corrected chi connectivity index (χ1v) is 7.77. The van der Waals surface area contributed by atoms with Gasteiger partial charge in [0.25, 0.3) is 0 Å². The number of hydrogen-bond donors (Lipinski definition) is 1. The molecule has 2 N–H and O–H groups in total. The maximum absolute atomic E-state index is 6.17. The maximum Gasteiger partial charge on any atom is 0.203 e. The molecule has 8 nitrogen and oxygen atoms in total. The molecule has 0 spiro atoms. The first kappa shape index (κ1) is 17.4. The fourth-order valence-corrected chi connectivity index (χ4v) is 2.70. The van der Waals surface area contributed by atoms with Crippen LogP contribution in [-0.2, 0) is 0 Å². The fraction of sp³-hybridized carbons (Fsp3) is 0.222. The molecular weight excluding hydrogens is 336 g/mol. The highest BCUT2D eigenvalue weighted by molar-refractivity contribution is 5.76. The second kappa shape index (κ2) is 7.22. The van der Waals surface area contributed by atoms with Gasteiger partial charge in [0.05, 0.1) is 46.0 Å². The van der Waals surface area contributed by atoms with Crippen molar-refractivity contribution in [1.29, 1.82) is 0 Å². The summed E-state index contributed by atoms with van der Waals surface area (Å²) < 4.78 is 23.0. The SMILES string of the molecule is COc1ccc(-c2cnnn2-c2cc(OC)c(OC)c(OC)c2)c(N)c1. The standard InChI is InChI=1S/C18H20N4O4/c1-23-12-5-6-13(14(19)9-12)15-10-20-21-22(15)11-7-16(24-2)18(26-4)17(8-11)25-3/h5-10H,19H2,1-4H3. The monoisotopic (exact) mass is 356 g/mol. The van der Waals surface area contributed by atoms with Crippen LogP contribution in [0.2, 0.25) is 0 Å². The normalized spacial score (nSPS) is 10.5. The summed E-state index contributed by atoms with van der Waals surface area (Å²) in [7, 11) is 6.27. The Morgan fingerprint density at radius 1 is 0.885 bits per heavy atom. The molecule has 0 unspecified atom stereocenters. The van der Waals surface area contributed by atoms with Crippen molar-refractivity contribution in [3.63, 3.8) is 0 Å². The minimum Gasteiger partial charge on any atom is -0.497 e. The molecule has 0 aliphatic carbocycles. The molecule has 0 fully saturated rings. The number of ether oxygens (including phenoxy) is 4. The van der Waals surface area contributed by atoms with Crippen LogP contribution in [0.25, 0.3) is 16.9 Å². The number of anilines is 1. The average molecular weight is 356 g/mol. The van der Waals surface area contributed by atoms with Crippen molar-refractivity contribution in [2.75, 3.05) is 34.2 Å². The Bertz CT molecular complexity index is 898. The third kappa shape index (κ3) is 2.97. The Morgan fingerprint density at radius 2 is 1.58 bits per heavy atom. The Hall–Kier alpha value is -3.42. The summed E-state index contributed by atoms with van der Waals surface area (Å²) in [6, 6.07) is 9.03. The van der Waals surface area contributed by atoms with Crippen LogP contribution in [-0.4, -0.2) is 43.4 Å². The lowest BCUT2D eigenvalue weighted by atomic mass is 10.1. The second-order valence-electron chi connectivity index (χ2n) is 5.37. The van der Waals surface area contributed by atoms with E-state index in [1.807, 2.05) is 12.1 Å². The summed E-state index contributed by atoms with van der Waals surface area (Å²) in [5.74, 6) is 2.22. The summed E-state index contributed by atoms with van der Waals surface area (Å²) in [4.78, 5) is 0. The summed E-state index contributed by atoms with van der Waals surface area (Å²) in [5, 5.41) is 8.21. The molecule has 26 heavy (non-hydrogen) atoms. The number of rotatable bonds is 6. The van der Waals surface area contributed by atoms with Crippen molar-refractivity contribution >= 4 is 5.69 Å². The molecule has 0 atom stereocenters. The highest BCUT2D eigenvalue weighted by Crippen LogP contribution is 2.40. The van der Waals surface area contributed by atoms with E-state index >= 15 is 0 Å². The number of aromatic nitrogens is 3. The van der Waals surface area contributed by atoms with Gasteiger partial charge >= 0.3 is 0 Å². The first-order valence-electron chi connectivity index (χ1n) is 7.77. The van der Waals surface area contributed by atoms with E-state index in [1.54, 1.807) is 57.5 Å². The van der Waals surface area contributed by atoms with Crippen molar-refractivity contribution in [1.82, 2.24) is 15.0 Å². The van der Waals surface area contributed by atoms with Crippen LogP contribution in [0.4, 0.5) is 5.69 Å². The van der Waals surface area contributed by atoms with Gasteiger partial charge in [-0.1, -0.05) is 5.21 Å². The van der Waals surface area contributed by atoms with Gasteiger partial charge in [0.1, 0.15) is 5.75 Å². The Morgan fingerprint density at radius 3 is 2.12 bits per heavy atom. The van der Waals surface area contributed by atoms with Gasteiger partial charge in [-0.25, -0.2) is 4.68 Å². The van der Waals surface area contributed by atoms with Gasteiger partial charge in [0, 0.05) is 29.4 Å². The molecule has 0 bridgehead atoms. The van der Waals surface area contributed by atoms with E-state index < -0.39 is 0 Å². The van der Waals surface area contributed by atoms with Crippen LogP contribution in [0.15, 0.2) is 36.5 Å². The number of nitrogens with zero attached hydrogens (tertiary/aromatic N) is 3. The molecule has 8 heteroatoms. The van der Waals surface area contributed by atoms with E-state index in [-0.39, 0.29) is 0 Å². The lowest BCUT2D eigenvalue weighted by molar-refractivity contribution is 0.324. The zero-order valence-electron chi connectivity index (χ0n) is 15.0. The fourth-order valence-electron chi connectivity index (χ4n) is 2.70. The highest BCUT2D eigenvalue weighted by atomic mass is 16.5. The van der Waals surface area contributed by atoms with Crippen LogP contribution in [0.5, 0.6) is 23.0 Å². The Balaban J connectivity index is 2.15. The molecule has 1 aromatic heterocycles. The van der Waals surface area contributed by atoms with E-state index in [0.717, 1.165) is 11.3 Å². The lowest BCUT2D eigenvalue weighted by Crippen LogP contribution is -2.03. The maximum atomic E-state index is 6.17. The molecule has 2 aromatic carbocycles.